The van der Waals surface area contributed by atoms with Gasteiger partial charge >= 0.3 is 0 Å². The highest BCUT2D eigenvalue weighted by molar-refractivity contribution is 7.92. The first-order valence-corrected chi connectivity index (χ1v) is 8.82. The Morgan fingerprint density at radius 2 is 1.77 bits per heavy atom. The van der Waals surface area contributed by atoms with E-state index in [9.17, 15) is 14.1 Å². The zero-order valence-electron chi connectivity index (χ0n) is 12.8. The van der Waals surface area contributed by atoms with Crippen molar-refractivity contribution in [1.29, 1.82) is 0 Å². The van der Waals surface area contributed by atoms with Gasteiger partial charge in [0.15, 0.2) is 5.78 Å². The molecule has 1 heterocycles. The molecular formula is C18H22O3S. The highest BCUT2D eigenvalue weighted by atomic mass is 32.2. The summed E-state index contributed by atoms with van der Waals surface area (Å²) < 4.78 is 10.5. The van der Waals surface area contributed by atoms with Gasteiger partial charge in [0.05, 0.1) is 10.8 Å². The average Bonchev–Trinajstić information content (AvgIpc) is 2.92. The van der Waals surface area contributed by atoms with E-state index in [2.05, 4.69) is 0 Å². The maximum atomic E-state index is 12.1. The summed E-state index contributed by atoms with van der Waals surface area (Å²) in [5, 5.41) is 11.9. The fraction of sp³-hybridized carbons (Fsp3) is 0.389. The second-order valence-electron chi connectivity index (χ2n) is 5.69. The first kappa shape index (κ1) is 16.8. The molecule has 1 aliphatic carbocycles. The molecule has 1 atom stereocenters. The Morgan fingerprint density at radius 3 is 2.23 bits per heavy atom. The molecule has 1 fully saturated rings. The van der Waals surface area contributed by atoms with Gasteiger partial charge in [0.25, 0.3) is 0 Å². The molecule has 1 saturated carbocycles. The Balaban J connectivity index is 0.000000211. The van der Waals surface area contributed by atoms with Crippen LogP contribution in [0.5, 0.6) is 0 Å². The average molecular weight is 318 g/mol. The number of aliphatic hydroxyl groups is 1. The van der Waals surface area contributed by atoms with E-state index in [0.717, 1.165) is 24.2 Å². The molecule has 3 nitrogen and oxygen atoms in total. The molecule has 1 aromatic rings. The van der Waals surface area contributed by atoms with E-state index >= 15 is 0 Å². The van der Waals surface area contributed by atoms with Gasteiger partial charge in [0.1, 0.15) is 5.60 Å². The summed E-state index contributed by atoms with van der Waals surface area (Å²) >= 11 is 0. The van der Waals surface area contributed by atoms with Crippen LogP contribution >= 0.6 is 0 Å². The van der Waals surface area contributed by atoms with E-state index in [4.69, 9.17) is 0 Å². The molecule has 1 unspecified atom stereocenters. The van der Waals surface area contributed by atoms with Crippen molar-refractivity contribution in [3.63, 3.8) is 0 Å². The molecule has 1 N–H and O–H groups in total. The van der Waals surface area contributed by atoms with Crippen molar-refractivity contribution in [3.8, 4) is 0 Å². The summed E-state index contributed by atoms with van der Waals surface area (Å²) in [6, 6.07) is 9.09. The van der Waals surface area contributed by atoms with Crippen molar-refractivity contribution in [1.82, 2.24) is 0 Å². The van der Waals surface area contributed by atoms with Crippen LogP contribution in [0, 0.1) is 0 Å². The van der Waals surface area contributed by atoms with Crippen molar-refractivity contribution in [2.75, 3.05) is 0 Å². The molecule has 3 rings (SSSR count). The van der Waals surface area contributed by atoms with Crippen LogP contribution in [0.2, 0.25) is 0 Å². The van der Waals surface area contributed by atoms with Crippen LogP contribution in [0.4, 0.5) is 0 Å². The zero-order chi connectivity index (χ0) is 16.0. The number of rotatable bonds is 2. The summed E-state index contributed by atoms with van der Waals surface area (Å²) in [6.45, 7) is 1.86. The van der Waals surface area contributed by atoms with Gasteiger partial charge < -0.3 is 5.11 Å². The Morgan fingerprint density at radius 1 is 1.14 bits per heavy atom. The molecule has 0 saturated heterocycles. The molecule has 2 aliphatic rings. The van der Waals surface area contributed by atoms with Crippen LogP contribution in [-0.4, -0.2) is 20.7 Å². The van der Waals surface area contributed by atoms with E-state index in [1.165, 1.54) is 0 Å². The van der Waals surface area contributed by atoms with Crippen molar-refractivity contribution >= 4 is 16.6 Å². The summed E-state index contributed by atoms with van der Waals surface area (Å²) in [5.41, 5.74) is -0.471. The van der Waals surface area contributed by atoms with Gasteiger partial charge in [0.2, 0.25) is 0 Å². The molecule has 0 aromatic heterocycles. The highest BCUT2D eigenvalue weighted by Gasteiger charge is 2.37. The normalized spacial score (nSPS) is 22.5. The SMILES string of the molecule is CC1=CC=CS1=O.O=C(c1ccccc1)C1(O)CCCCC1. The van der Waals surface area contributed by atoms with Crippen LogP contribution in [0.25, 0.3) is 0 Å². The molecule has 22 heavy (non-hydrogen) atoms. The van der Waals surface area contributed by atoms with E-state index in [-0.39, 0.29) is 5.78 Å². The van der Waals surface area contributed by atoms with Gasteiger partial charge in [-0.05, 0) is 25.8 Å². The maximum Gasteiger partial charge on any atom is 0.194 e. The fourth-order valence-electron chi connectivity index (χ4n) is 2.64. The predicted octanol–water partition coefficient (Wildman–Crippen LogP) is 3.73. The van der Waals surface area contributed by atoms with Gasteiger partial charge in [-0.15, -0.1) is 0 Å². The second kappa shape index (κ2) is 7.65. The summed E-state index contributed by atoms with van der Waals surface area (Å²) in [6.07, 6.45) is 7.93. The molecule has 0 bridgehead atoms. The van der Waals surface area contributed by atoms with Gasteiger partial charge in [-0.3, -0.25) is 9.00 Å². The number of Topliss-reactive ketones (excluding diaryl/α,β-unsaturated/α-hetero) is 1. The summed E-state index contributed by atoms with van der Waals surface area (Å²) in [4.78, 5) is 13.0. The minimum Gasteiger partial charge on any atom is -0.382 e. The standard InChI is InChI=1S/C13H16O2.C5H6OS/c14-12(11-7-3-1-4-8-11)13(15)9-5-2-6-10-13;1-5-3-2-4-7(5)6/h1,3-4,7-8,15H,2,5-6,9-10H2;2-4H,1H3. The number of hydrogen-bond donors (Lipinski definition) is 1. The third-order valence-corrected chi connectivity index (χ3v) is 5.16. The molecule has 118 valence electrons. The summed E-state index contributed by atoms with van der Waals surface area (Å²) in [7, 11) is -0.787. The molecule has 0 spiro atoms. The Labute approximate surface area is 134 Å². The predicted molar refractivity (Wildman–Crippen MR) is 89.8 cm³/mol. The van der Waals surface area contributed by atoms with Gasteiger partial charge in [-0.2, -0.15) is 0 Å². The number of hydrogen-bond acceptors (Lipinski definition) is 3. The third-order valence-electron chi connectivity index (χ3n) is 3.99. The van der Waals surface area contributed by atoms with Gasteiger partial charge in [0, 0.05) is 15.9 Å². The van der Waals surface area contributed by atoms with Crippen molar-refractivity contribution in [2.24, 2.45) is 0 Å². The lowest BCUT2D eigenvalue weighted by atomic mass is 9.79. The molecule has 1 aromatic carbocycles. The fourth-order valence-corrected chi connectivity index (χ4v) is 3.29. The molecular weight excluding hydrogens is 296 g/mol. The third kappa shape index (κ3) is 4.24. The topological polar surface area (TPSA) is 54.4 Å². The first-order valence-electron chi connectivity index (χ1n) is 7.61. The van der Waals surface area contributed by atoms with Crippen LogP contribution in [0.1, 0.15) is 49.4 Å². The second-order valence-corrected chi connectivity index (χ2v) is 7.20. The highest BCUT2D eigenvalue weighted by Crippen LogP contribution is 2.30. The number of allylic oxidation sites excluding steroid dienone is 3. The van der Waals surface area contributed by atoms with Crippen LogP contribution < -0.4 is 0 Å². The first-order chi connectivity index (χ1) is 10.5. The molecule has 4 heteroatoms. The Hall–Kier alpha value is -1.52. The quantitative estimate of drug-likeness (QED) is 0.845. The minimum atomic E-state index is -1.10. The number of benzene rings is 1. The number of carbonyl (C=O) groups excluding carboxylic acids is 1. The van der Waals surface area contributed by atoms with Gasteiger partial charge in [-0.1, -0.05) is 55.7 Å². The smallest absolute Gasteiger partial charge is 0.194 e. The number of carbonyl (C=O) groups is 1. The number of ketones is 1. The molecule has 1 aliphatic heterocycles. The lowest BCUT2D eigenvalue weighted by Gasteiger charge is -2.30. The monoisotopic (exact) mass is 318 g/mol. The lowest BCUT2D eigenvalue weighted by Crippen LogP contribution is -2.40. The van der Waals surface area contributed by atoms with Crippen molar-refractivity contribution in [3.05, 3.63) is 58.4 Å². The van der Waals surface area contributed by atoms with Gasteiger partial charge in [-0.25, -0.2) is 0 Å². The molecule has 0 radical (unpaired) electrons. The maximum absolute atomic E-state index is 12.1. The van der Waals surface area contributed by atoms with Crippen molar-refractivity contribution in [2.45, 2.75) is 44.6 Å². The van der Waals surface area contributed by atoms with E-state index < -0.39 is 16.4 Å². The Bertz CT molecular complexity index is 596. The van der Waals surface area contributed by atoms with Crippen LogP contribution in [-0.2, 0) is 10.8 Å². The summed E-state index contributed by atoms with van der Waals surface area (Å²) in [5.74, 6) is -0.109. The molecule has 0 amide bonds. The Kier molecular flexibility index (Phi) is 5.86. The van der Waals surface area contributed by atoms with Crippen molar-refractivity contribution < 1.29 is 14.1 Å². The van der Waals surface area contributed by atoms with E-state index in [1.807, 2.05) is 37.3 Å². The van der Waals surface area contributed by atoms with E-state index in [0.29, 0.717) is 18.4 Å². The zero-order valence-corrected chi connectivity index (χ0v) is 13.6. The van der Waals surface area contributed by atoms with Crippen LogP contribution in [0.15, 0.2) is 52.8 Å². The largest absolute Gasteiger partial charge is 0.382 e. The minimum absolute atomic E-state index is 0.109. The van der Waals surface area contributed by atoms with Crippen LogP contribution in [0.3, 0.4) is 0 Å². The lowest BCUT2D eigenvalue weighted by molar-refractivity contribution is 0.0116. The van der Waals surface area contributed by atoms with E-state index in [1.54, 1.807) is 17.5 Å².